The minimum atomic E-state index is -3.59. The van der Waals surface area contributed by atoms with E-state index in [-0.39, 0.29) is 17.0 Å². The SMILES string of the molecule is COc1ccc(-n2ncc3c(NC4CCC(NS(=O)(=O)c5ccc(OC)cc5)CC4)nc(C)nc32)cc1. The standard InChI is InChI=1S/C26H30N6O4S/c1-17-28-25(24-16-27-32(26(24)29-17)20-8-10-21(35-2)11-9-20)30-18-4-6-19(7-5-18)31-37(33,34)23-14-12-22(36-3)13-15-23/h8-16,18-19,31H,4-7H2,1-3H3,(H,28,29,30). The fraction of sp³-hybridized carbons (Fsp3) is 0.346. The summed E-state index contributed by atoms with van der Waals surface area (Å²) < 4.78 is 40.6. The molecule has 0 bridgehead atoms. The second kappa shape index (κ2) is 10.3. The third-order valence-electron chi connectivity index (χ3n) is 6.62. The summed E-state index contributed by atoms with van der Waals surface area (Å²) in [6.07, 6.45) is 4.85. The molecule has 10 nitrogen and oxygen atoms in total. The Labute approximate surface area is 216 Å². The normalized spacial score (nSPS) is 18.0. The number of nitrogens with one attached hydrogen (secondary N) is 2. The average Bonchev–Trinajstić information content (AvgIpc) is 3.33. The largest absolute Gasteiger partial charge is 0.497 e. The summed E-state index contributed by atoms with van der Waals surface area (Å²) in [6, 6.07) is 14.1. The lowest BCUT2D eigenvalue weighted by Crippen LogP contribution is -2.40. The van der Waals surface area contributed by atoms with Crippen molar-refractivity contribution in [3.8, 4) is 17.2 Å². The van der Waals surface area contributed by atoms with E-state index >= 15 is 0 Å². The third-order valence-corrected chi connectivity index (χ3v) is 8.15. The van der Waals surface area contributed by atoms with Crippen molar-refractivity contribution in [3.05, 3.63) is 60.6 Å². The molecule has 0 radical (unpaired) electrons. The molecule has 194 valence electrons. The van der Waals surface area contributed by atoms with Crippen LogP contribution >= 0.6 is 0 Å². The van der Waals surface area contributed by atoms with E-state index in [0.29, 0.717) is 11.6 Å². The quantitative estimate of drug-likeness (QED) is 0.358. The zero-order valence-corrected chi connectivity index (χ0v) is 21.8. The molecule has 1 saturated carbocycles. The lowest BCUT2D eigenvalue weighted by molar-refractivity contribution is 0.387. The van der Waals surface area contributed by atoms with E-state index in [1.54, 1.807) is 49.4 Å². The maximum atomic E-state index is 12.8. The van der Waals surface area contributed by atoms with Crippen LogP contribution in [0.25, 0.3) is 16.7 Å². The molecule has 11 heteroatoms. The summed E-state index contributed by atoms with van der Waals surface area (Å²) in [7, 11) is -0.403. The molecule has 0 spiro atoms. The highest BCUT2D eigenvalue weighted by Gasteiger charge is 2.27. The first-order valence-corrected chi connectivity index (χ1v) is 13.6. The topological polar surface area (TPSA) is 120 Å². The highest BCUT2D eigenvalue weighted by atomic mass is 32.2. The number of ether oxygens (including phenoxy) is 2. The Morgan fingerprint density at radius 1 is 0.865 bits per heavy atom. The van der Waals surface area contributed by atoms with Gasteiger partial charge in [-0.3, -0.25) is 0 Å². The molecule has 37 heavy (non-hydrogen) atoms. The van der Waals surface area contributed by atoms with Gasteiger partial charge in [-0.2, -0.15) is 5.10 Å². The highest BCUT2D eigenvalue weighted by molar-refractivity contribution is 7.89. The van der Waals surface area contributed by atoms with Crippen molar-refractivity contribution in [2.45, 2.75) is 49.6 Å². The van der Waals surface area contributed by atoms with Crippen LogP contribution in [0.5, 0.6) is 11.5 Å². The van der Waals surface area contributed by atoms with Gasteiger partial charge in [-0.1, -0.05) is 0 Å². The molecular formula is C26H30N6O4S. The Bertz CT molecular complexity index is 1480. The predicted octanol–water partition coefficient (Wildman–Crippen LogP) is 3.84. The first-order chi connectivity index (χ1) is 17.9. The molecule has 1 aliphatic rings. The van der Waals surface area contributed by atoms with E-state index < -0.39 is 10.0 Å². The number of nitrogens with zero attached hydrogens (tertiary/aromatic N) is 4. The van der Waals surface area contributed by atoms with Gasteiger partial charge >= 0.3 is 0 Å². The van der Waals surface area contributed by atoms with Gasteiger partial charge in [0.15, 0.2) is 5.65 Å². The molecular weight excluding hydrogens is 492 g/mol. The predicted molar refractivity (Wildman–Crippen MR) is 141 cm³/mol. The van der Waals surface area contributed by atoms with Gasteiger partial charge in [-0.15, -0.1) is 0 Å². The fourth-order valence-corrected chi connectivity index (χ4v) is 5.94. The first-order valence-electron chi connectivity index (χ1n) is 12.2. The second-order valence-corrected chi connectivity index (χ2v) is 10.8. The number of hydrogen-bond acceptors (Lipinski definition) is 8. The molecule has 2 aromatic carbocycles. The van der Waals surface area contributed by atoms with Crippen LogP contribution in [-0.4, -0.2) is 54.5 Å². The van der Waals surface area contributed by atoms with Crippen LogP contribution in [0, 0.1) is 6.92 Å². The summed E-state index contributed by atoms with van der Waals surface area (Å²) in [4.78, 5) is 9.52. The molecule has 2 aromatic heterocycles. The molecule has 0 atom stereocenters. The van der Waals surface area contributed by atoms with Gasteiger partial charge in [0.1, 0.15) is 23.1 Å². The summed E-state index contributed by atoms with van der Waals surface area (Å²) >= 11 is 0. The van der Waals surface area contributed by atoms with E-state index in [2.05, 4.69) is 25.1 Å². The first kappa shape index (κ1) is 25.0. The molecule has 4 aromatic rings. The van der Waals surface area contributed by atoms with Crippen LogP contribution in [0.1, 0.15) is 31.5 Å². The Morgan fingerprint density at radius 3 is 2.08 bits per heavy atom. The lowest BCUT2D eigenvalue weighted by atomic mass is 9.92. The minimum absolute atomic E-state index is 0.116. The summed E-state index contributed by atoms with van der Waals surface area (Å²) in [5.74, 6) is 2.78. The number of rotatable bonds is 8. The van der Waals surface area contributed by atoms with Crippen LogP contribution in [0.4, 0.5) is 5.82 Å². The van der Waals surface area contributed by atoms with E-state index in [1.807, 2.05) is 31.2 Å². The van der Waals surface area contributed by atoms with Gasteiger partial charge in [0.05, 0.1) is 36.4 Å². The lowest BCUT2D eigenvalue weighted by Gasteiger charge is -2.30. The molecule has 2 heterocycles. The number of methoxy groups -OCH3 is 2. The fourth-order valence-electron chi connectivity index (χ4n) is 4.63. The van der Waals surface area contributed by atoms with E-state index in [4.69, 9.17) is 9.47 Å². The molecule has 0 unspecified atom stereocenters. The van der Waals surface area contributed by atoms with Crippen molar-refractivity contribution in [1.82, 2.24) is 24.5 Å². The molecule has 2 N–H and O–H groups in total. The third kappa shape index (κ3) is 5.37. The van der Waals surface area contributed by atoms with Gasteiger partial charge in [0.25, 0.3) is 0 Å². The van der Waals surface area contributed by atoms with E-state index in [9.17, 15) is 8.42 Å². The van der Waals surface area contributed by atoms with Crippen LogP contribution in [-0.2, 0) is 10.0 Å². The van der Waals surface area contributed by atoms with Crippen LogP contribution in [0.2, 0.25) is 0 Å². The maximum Gasteiger partial charge on any atom is 0.240 e. The smallest absolute Gasteiger partial charge is 0.240 e. The number of benzene rings is 2. The van der Waals surface area contributed by atoms with Crippen molar-refractivity contribution in [1.29, 1.82) is 0 Å². The van der Waals surface area contributed by atoms with Gasteiger partial charge in [-0.05, 0) is 81.1 Å². The van der Waals surface area contributed by atoms with Crippen molar-refractivity contribution < 1.29 is 17.9 Å². The van der Waals surface area contributed by atoms with Gasteiger partial charge in [0.2, 0.25) is 10.0 Å². The molecule has 1 fully saturated rings. The molecule has 0 saturated heterocycles. The Kier molecular flexibility index (Phi) is 6.98. The van der Waals surface area contributed by atoms with Gasteiger partial charge < -0.3 is 14.8 Å². The summed E-state index contributed by atoms with van der Waals surface area (Å²) in [5, 5.41) is 8.95. The number of fused-ring (bicyclic) bond motifs is 1. The number of sulfonamides is 1. The van der Waals surface area contributed by atoms with E-state index in [1.165, 1.54) is 0 Å². The van der Waals surface area contributed by atoms with Gasteiger partial charge in [-0.25, -0.2) is 27.8 Å². The number of hydrogen-bond donors (Lipinski definition) is 2. The molecule has 1 aliphatic carbocycles. The Morgan fingerprint density at radius 2 is 1.46 bits per heavy atom. The zero-order chi connectivity index (χ0) is 26.0. The maximum absolute atomic E-state index is 12.8. The molecule has 5 rings (SSSR count). The number of aryl methyl sites for hydroxylation is 1. The van der Waals surface area contributed by atoms with Crippen molar-refractivity contribution in [2.75, 3.05) is 19.5 Å². The highest BCUT2D eigenvalue weighted by Crippen LogP contribution is 2.28. The minimum Gasteiger partial charge on any atom is -0.497 e. The zero-order valence-electron chi connectivity index (χ0n) is 21.0. The van der Waals surface area contributed by atoms with Crippen LogP contribution in [0.15, 0.2) is 59.6 Å². The van der Waals surface area contributed by atoms with Crippen molar-refractivity contribution in [3.63, 3.8) is 0 Å². The molecule has 0 amide bonds. The van der Waals surface area contributed by atoms with Crippen molar-refractivity contribution in [2.24, 2.45) is 0 Å². The van der Waals surface area contributed by atoms with Crippen LogP contribution in [0.3, 0.4) is 0 Å². The average molecular weight is 523 g/mol. The number of aromatic nitrogens is 4. The Balaban J connectivity index is 1.26. The van der Waals surface area contributed by atoms with Crippen molar-refractivity contribution >= 4 is 26.9 Å². The van der Waals surface area contributed by atoms with Crippen LogP contribution < -0.4 is 19.5 Å². The van der Waals surface area contributed by atoms with E-state index in [0.717, 1.165) is 54.0 Å². The monoisotopic (exact) mass is 522 g/mol. The Hall–Kier alpha value is -3.70. The summed E-state index contributed by atoms with van der Waals surface area (Å²) in [6.45, 7) is 1.86. The number of anilines is 1. The summed E-state index contributed by atoms with van der Waals surface area (Å²) in [5.41, 5.74) is 1.60. The molecule has 0 aliphatic heterocycles. The second-order valence-electron chi connectivity index (χ2n) is 9.10. The van der Waals surface area contributed by atoms with Gasteiger partial charge in [0, 0.05) is 12.1 Å².